The summed E-state index contributed by atoms with van der Waals surface area (Å²) in [6, 6.07) is 9.51. The van der Waals surface area contributed by atoms with Crippen LogP contribution in [-0.4, -0.2) is 31.3 Å². The van der Waals surface area contributed by atoms with Gasteiger partial charge in [-0.3, -0.25) is 4.79 Å². The second kappa shape index (κ2) is 8.53. The van der Waals surface area contributed by atoms with Crippen molar-refractivity contribution >= 4 is 16.0 Å². The van der Waals surface area contributed by atoms with Crippen LogP contribution < -0.4 is 4.72 Å². The Morgan fingerprint density at radius 1 is 1.23 bits per heavy atom. The van der Waals surface area contributed by atoms with Crippen LogP contribution in [0.2, 0.25) is 0 Å². The number of aryl methyl sites for hydroxylation is 1. The minimum absolute atomic E-state index is 0.116. The van der Waals surface area contributed by atoms with Gasteiger partial charge >= 0.3 is 5.97 Å². The summed E-state index contributed by atoms with van der Waals surface area (Å²) in [5.41, 5.74) is 1.14. The van der Waals surface area contributed by atoms with Crippen molar-refractivity contribution in [2.24, 2.45) is 5.92 Å². The number of carbonyl (C=O) groups is 1. The molecule has 2 rings (SSSR count). The van der Waals surface area contributed by atoms with E-state index in [2.05, 4.69) is 4.72 Å². The molecule has 26 heavy (non-hydrogen) atoms. The highest BCUT2D eigenvalue weighted by molar-refractivity contribution is 7.90. The summed E-state index contributed by atoms with van der Waals surface area (Å²) >= 11 is 0. The predicted molar refractivity (Wildman–Crippen MR) is 103 cm³/mol. The van der Waals surface area contributed by atoms with Crippen LogP contribution in [0.4, 0.5) is 0 Å². The normalized spacial score (nSPS) is 23.2. The number of esters is 1. The van der Waals surface area contributed by atoms with E-state index in [0.717, 1.165) is 24.8 Å². The first-order valence-electron chi connectivity index (χ1n) is 9.35. The Bertz CT molecular complexity index is 694. The largest absolute Gasteiger partial charge is 0.460 e. The first-order chi connectivity index (χ1) is 12.1. The summed E-state index contributed by atoms with van der Waals surface area (Å²) in [7, 11) is -3.54. The lowest BCUT2D eigenvalue weighted by Crippen LogP contribution is -2.52. The standard InChI is InChI=1S/C20H31NO4S/c1-15-9-8-12-18(22)25-19(15)17(21-26(23,24)20(2,3)4)14-13-16-10-6-5-7-11-16/h5-7,10-11,15,17,19,21H,8-9,12-14H2,1-4H3/t15-,17+,19-/m0/s1. The summed E-state index contributed by atoms with van der Waals surface area (Å²) in [6.07, 6.45) is 2.91. The highest BCUT2D eigenvalue weighted by Gasteiger charge is 2.38. The van der Waals surface area contributed by atoms with E-state index in [4.69, 9.17) is 4.74 Å². The first kappa shape index (κ1) is 20.9. The molecule has 1 N–H and O–H groups in total. The first-order valence-corrected chi connectivity index (χ1v) is 10.8. The van der Waals surface area contributed by atoms with Crippen LogP contribution in [0, 0.1) is 5.92 Å². The molecule has 1 aliphatic rings. The van der Waals surface area contributed by atoms with E-state index in [9.17, 15) is 13.2 Å². The predicted octanol–water partition coefficient (Wildman–Crippen LogP) is 3.44. The molecule has 1 aliphatic heterocycles. The number of carbonyl (C=O) groups excluding carboxylic acids is 1. The molecule has 1 aromatic rings. The number of cyclic esters (lactones) is 1. The summed E-state index contributed by atoms with van der Waals surface area (Å²) in [4.78, 5) is 12.0. The smallest absolute Gasteiger partial charge is 0.306 e. The molecule has 0 amide bonds. The Morgan fingerprint density at radius 3 is 2.50 bits per heavy atom. The molecule has 0 aliphatic carbocycles. The van der Waals surface area contributed by atoms with Crippen molar-refractivity contribution in [3.05, 3.63) is 35.9 Å². The van der Waals surface area contributed by atoms with Crippen molar-refractivity contribution in [1.82, 2.24) is 4.72 Å². The second-order valence-electron chi connectivity index (χ2n) is 8.19. The van der Waals surface area contributed by atoms with Crippen LogP contribution in [-0.2, 0) is 26.0 Å². The van der Waals surface area contributed by atoms with Crippen molar-refractivity contribution in [2.45, 2.75) is 76.7 Å². The van der Waals surface area contributed by atoms with Gasteiger partial charge in [-0.15, -0.1) is 0 Å². The van der Waals surface area contributed by atoms with Crippen LogP contribution >= 0.6 is 0 Å². The molecule has 146 valence electrons. The Kier molecular flexibility index (Phi) is 6.86. The third kappa shape index (κ3) is 5.55. The van der Waals surface area contributed by atoms with Crippen molar-refractivity contribution in [2.75, 3.05) is 0 Å². The van der Waals surface area contributed by atoms with Gasteiger partial charge in [-0.1, -0.05) is 37.3 Å². The summed E-state index contributed by atoms with van der Waals surface area (Å²) in [6.45, 7) is 7.05. The minimum atomic E-state index is -3.54. The zero-order chi connectivity index (χ0) is 19.4. The number of benzene rings is 1. The molecule has 1 heterocycles. The van der Waals surface area contributed by atoms with Gasteiger partial charge < -0.3 is 4.74 Å². The number of hydrogen-bond acceptors (Lipinski definition) is 4. The number of nitrogens with one attached hydrogen (secondary N) is 1. The fourth-order valence-corrected chi connectivity index (χ4v) is 4.18. The van der Waals surface area contributed by atoms with Gasteiger partial charge in [-0.25, -0.2) is 13.1 Å². The zero-order valence-electron chi connectivity index (χ0n) is 16.2. The SMILES string of the molecule is C[C@H]1CCCC(=O)O[C@@H]1[C@@H](CCc1ccccc1)NS(=O)(=O)C(C)(C)C. The molecule has 0 bridgehead atoms. The maximum absolute atomic E-state index is 12.7. The van der Waals surface area contributed by atoms with Gasteiger partial charge in [0.05, 0.1) is 10.8 Å². The molecule has 1 saturated heterocycles. The van der Waals surface area contributed by atoms with E-state index in [1.807, 2.05) is 37.3 Å². The molecule has 6 heteroatoms. The summed E-state index contributed by atoms with van der Waals surface area (Å²) in [5.74, 6) is -0.121. The lowest BCUT2D eigenvalue weighted by Gasteiger charge is -2.33. The molecule has 0 aromatic heterocycles. The van der Waals surface area contributed by atoms with Crippen LogP contribution in [0.15, 0.2) is 30.3 Å². The van der Waals surface area contributed by atoms with Crippen molar-refractivity contribution in [3.8, 4) is 0 Å². The van der Waals surface area contributed by atoms with Gasteiger partial charge in [0.1, 0.15) is 6.10 Å². The van der Waals surface area contributed by atoms with Crippen molar-refractivity contribution in [1.29, 1.82) is 0 Å². The van der Waals surface area contributed by atoms with Gasteiger partial charge in [0.2, 0.25) is 10.0 Å². The van der Waals surface area contributed by atoms with Gasteiger partial charge in [0, 0.05) is 6.42 Å². The quantitative estimate of drug-likeness (QED) is 0.766. The zero-order valence-corrected chi connectivity index (χ0v) is 17.0. The lowest BCUT2D eigenvalue weighted by molar-refractivity contribution is -0.151. The third-order valence-corrected chi connectivity index (χ3v) is 7.19. The third-order valence-electron chi connectivity index (χ3n) is 4.96. The molecular formula is C20H31NO4S. The van der Waals surface area contributed by atoms with Crippen molar-refractivity contribution in [3.63, 3.8) is 0 Å². The fraction of sp³-hybridized carbons (Fsp3) is 0.650. The summed E-state index contributed by atoms with van der Waals surface area (Å²) < 4.78 is 33.1. The van der Waals surface area contributed by atoms with Gasteiger partial charge in [0.25, 0.3) is 0 Å². The number of sulfonamides is 1. The average Bonchev–Trinajstić information content (AvgIpc) is 2.72. The van der Waals surface area contributed by atoms with Crippen LogP contribution in [0.25, 0.3) is 0 Å². The monoisotopic (exact) mass is 381 g/mol. The Labute approximate surface area is 157 Å². The highest BCUT2D eigenvalue weighted by atomic mass is 32.2. The van der Waals surface area contributed by atoms with E-state index < -0.39 is 26.9 Å². The topological polar surface area (TPSA) is 72.5 Å². The number of ether oxygens (including phenoxy) is 1. The van der Waals surface area contributed by atoms with Gasteiger partial charge in [-0.2, -0.15) is 0 Å². The minimum Gasteiger partial charge on any atom is -0.460 e. The Balaban J connectivity index is 2.23. The fourth-order valence-electron chi connectivity index (χ4n) is 3.17. The molecule has 1 aromatic carbocycles. The van der Waals surface area contributed by atoms with E-state index in [1.165, 1.54) is 0 Å². The van der Waals surface area contributed by atoms with Crippen LogP contribution in [0.3, 0.4) is 0 Å². The van der Waals surface area contributed by atoms with Crippen LogP contribution in [0.1, 0.15) is 58.9 Å². The van der Waals surface area contributed by atoms with E-state index in [0.29, 0.717) is 12.8 Å². The van der Waals surface area contributed by atoms with E-state index >= 15 is 0 Å². The maximum Gasteiger partial charge on any atom is 0.306 e. The Morgan fingerprint density at radius 2 is 1.88 bits per heavy atom. The average molecular weight is 382 g/mol. The number of rotatable bonds is 6. The van der Waals surface area contributed by atoms with Gasteiger partial charge in [0.15, 0.2) is 0 Å². The van der Waals surface area contributed by atoms with Crippen LogP contribution in [0.5, 0.6) is 0 Å². The molecule has 0 saturated carbocycles. The van der Waals surface area contributed by atoms with Crippen molar-refractivity contribution < 1.29 is 17.9 Å². The molecule has 0 radical (unpaired) electrons. The summed E-state index contributed by atoms with van der Waals surface area (Å²) in [5, 5.41) is 0. The van der Waals surface area contributed by atoms with Gasteiger partial charge in [-0.05, 0) is 57.9 Å². The maximum atomic E-state index is 12.7. The number of hydrogen-bond donors (Lipinski definition) is 1. The second-order valence-corrected chi connectivity index (χ2v) is 10.7. The van der Waals surface area contributed by atoms with E-state index in [1.54, 1.807) is 20.8 Å². The van der Waals surface area contributed by atoms with E-state index in [-0.39, 0.29) is 11.9 Å². The molecule has 3 atom stereocenters. The lowest BCUT2D eigenvalue weighted by atomic mass is 9.91. The molecule has 0 unspecified atom stereocenters. The molecule has 1 fully saturated rings. The molecule has 5 nitrogen and oxygen atoms in total. The molecular weight excluding hydrogens is 350 g/mol. The Hall–Kier alpha value is -1.40. The highest BCUT2D eigenvalue weighted by Crippen LogP contribution is 2.27. The molecule has 0 spiro atoms.